The smallest absolute Gasteiger partial charge is 0.120 e. The van der Waals surface area contributed by atoms with Crippen molar-refractivity contribution >= 4 is 0 Å². The van der Waals surface area contributed by atoms with Gasteiger partial charge in [0, 0.05) is 6.61 Å². The highest BCUT2D eigenvalue weighted by molar-refractivity contribution is 5.32. The Hall–Kier alpha value is -1.10. The standard InChI is InChI=1S/C17H30N2O2/c1-6-17(7-2,20-8-3)16(19-18)14-10-9-11-15(12-14)21-13(4)5/h9-13,16,19H,6-8,18H2,1-5H3. The van der Waals surface area contributed by atoms with Gasteiger partial charge in [-0.15, -0.1) is 0 Å². The van der Waals surface area contributed by atoms with E-state index in [1.165, 1.54) is 0 Å². The van der Waals surface area contributed by atoms with Gasteiger partial charge in [0.05, 0.1) is 17.7 Å². The molecule has 0 saturated carbocycles. The van der Waals surface area contributed by atoms with Gasteiger partial charge in [0.25, 0.3) is 0 Å². The molecule has 0 aromatic heterocycles. The molecule has 4 nitrogen and oxygen atoms in total. The van der Waals surface area contributed by atoms with Crippen molar-refractivity contribution in [2.75, 3.05) is 6.61 Å². The zero-order valence-corrected chi connectivity index (χ0v) is 14.0. The van der Waals surface area contributed by atoms with Crippen LogP contribution in [0, 0.1) is 0 Å². The summed E-state index contributed by atoms with van der Waals surface area (Å²) in [5.74, 6) is 6.71. The average molecular weight is 294 g/mol. The number of hydrogen-bond acceptors (Lipinski definition) is 4. The number of ether oxygens (including phenoxy) is 2. The number of rotatable bonds is 9. The first-order valence-corrected chi connectivity index (χ1v) is 7.89. The van der Waals surface area contributed by atoms with E-state index in [2.05, 4.69) is 25.3 Å². The fourth-order valence-corrected chi connectivity index (χ4v) is 2.82. The Morgan fingerprint density at radius 2 is 1.86 bits per heavy atom. The summed E-state index contributed by atoms with van der Waals surface area (Å²) < 4.78 is 11.9. The lowest BCUT2D eigenvalue weighted by atomic mass is 9.84. The summed E-state index contributed by atoms with van der Waals surface area (Å²) in [7, 11) is 0. The van der Waals surface area contributed by atoms with Gasteiger partial charge in [0.2, 0.25) is 0 Å². The van der Waals surface area contributed by atoms with Gasteiger partial charge in [0.15, 0.2) is 0 Å². The molecule has 1 rings (SSSR count). The average Bonchev–Trinajstić information content (AvgIpc) is 2.46. The highest BCUT2D eigenvalue weighted by Crippen LogP contribution is 2.36. The Labute approximate surface area is 129 Å². The molecule has 1 atom stereocenters. The molecule has 0 heterocycles. The molecule has 3 N–H and O–H groups in total. The van der Waals surface area contributed by atoms with Crippen LogP contribution in [-0.4, -0.2) is 18.3 Å². The van der Waals surface area contributed by atoms with Crippen molar-refractivity contribution in [3.05, 3.63) is 29.8 Å². The van der Waals surface area contributed by atoms with Crippen LogP contribution in [0.25, 0.3) is 0 Å². The number of nitrogens with two attached hydrogens (primary N) is 1. The first-order chi connectivity index (χ1) is 10.0. The topological polar surface area (TPSA) is 56.5 Å². The van der Waals surface area contributed by atoms with Crippen LogP contribution in [0.15, 0.2) is 24.3 Å². The molecule has 0 radical (unpaired) electrons. The maximum Gasteiger partial charge on any atom is 0.120 e. The molecule has 0 spiro atoms. The van der Waals surface area contributed by atoms with Gasteiger partial charge in [-0.05, 0) is 51.3 Å². The van der Waals surface area contributed by atoms with E-state index < -0.39 is 0 Å². The van der Waals surface area contributed by atoms with Gasteiger partial charge in [-0.2, -0.15) is 0 Å². The van der Waals surface area contributed by atoms with Crippen molar-refractivity contribution in [1.82, 2.24) is 5.43 Å². The molecular formula is C17H30N2O2. The predicted octanol–water partition coefficient (Wildman–Crippen LogP) is 3.57. The number of nitrogens with one attached hydrogen (secondary N) is 1. The van der Waals surface area contributed by atoms with Crippen molar-refractivity contribution in [3.63, 3.8) is 0 Å². The predicted molar refractivity (Wildman–Crippen MR) is 87.2 cm³/mol. The highest BCUT2D eigenvalue weighted by Gasteiger charge is 2.37. The van der Waals surface area contributed by atoms with E-state index in [-0.39, 0.29) is 17.7 Å². The Bertz CT molecular complexity index is 417. The van der Waals surface area contributed by atoms with E-state index in [0.717, 1.165) is 24.2 Å². The summed E-state index contributed by atoms with van der Waals surface area (Å²) in [5, 5.41) is 0. The molecule has 4 heteroatoms. The van der Waals surface area contributed by atoms with Gasteiger partial charge < -0.3 is 9.47 Å². The lowest BCUT2D eigenvalue weighted by molar-refractivity contribution is -0.0734. The molecule has 0 aliphatic rings. The molecule has 1 aromatic rings. The van der Waals surface area contributed by atoms with Gasteiger partial charge in [0.1, 0.15) is 5.75 Å². The highest BCUT2D eigenvalue weighted by atomic mass is 16.5. The molecular weight excluding hydrogens is 264 g/mol. The van der Waals surface area contributed by atoms with Crippen LogP contribution in [0.3, 0.4) is 0 Å². The Kier molecular flexibility index (Phi) is 7.15. The second kappa shape index (κ2) is 8.37. The van der Waals surface area contributed by atoms with Gasteiger partial charge in [-0.25, -0.2) is 0 Å². The molecule has 0 aliphatic carbocycles. The van der Waals surface area contributed by atoms with Gasteiger partial charge in [-0.3, -0.25) is 11.3 Å². The fourth-order valence-electron chi connectivity index (χ4n) is 2.82. The lowest BCUT2D eigenvalue weighted by Gasteiger charge is -2.39. The molecule has 120 valence electrons. The molecule has 0 amide bonds. The summed E-state index contributed by atoms with van der Waals surface area (Å²) in [6.45, 7) is 11.0. The van der Waals surface area contributed by atoms with Crippen LogP contribution >= 0.6 is 0 Å². The van der Waals surface area contributed by atoms with Crippen molar-refractivity contribution < 1.29 is 9.47 Å². The lowest BCUT2D eigenvalue weighted by Crippen LogP contribution is -2.48. The van der Waals surface area contributed by atoms with Crippen LogP contribution in [-0.2, 0) is 4.74 Å². The van der Waals surface area contributed by atoms with Crippen LogP contribution in [0.2, 0.25) is 0 Å². The number of benzene rings is 1. The SMILES string of the molecule is CCOC(CC)(CC)C(NN)c1cccc(OC(C)C)c1. The van der Waals surface area contributed by atoms with E-state index in [0.29, 0.717) is 6.61 Å². The van der Waals surface area contributed by atoms with Crippen molar-refractivity contribution in [3.8, 4) is 5.75 Å². The van der Waals surface area contributed by atoms with E-state index in [9.17, 15) is 0 Å². The molecule has 0 aliphatic heterocycles. The second-order valence-corrected chi connectivity index (χ2v) is 5.54. The maximum atomic E-state index is 6.07. The Morgan fingerprint density at radius 1 is 1.19 bits per heavy atom. The summed E-state index contributed by atoms with van der Waals surface area (Å²) in [6.07, 6.45) is 1.93. The largest absolute Gasteiger partial charge is 0.491 e. The van der Waals surface area contributed by atoms with Gasteiger partial charge >= 0.3 is 0 Å². The molecule has 1 aromatic carbocycles. The number of hydrazine groups is 1. The van der Waals surface area contributed by atoms with E-state index in [1.807, 2.05) is 39.0 Å². The van der Waals surface area contributed by atoms with Crippen LogP contribution in [0.5, 0.6) is 5.75 Å². The van der Waals surface area contributed by atoms with E-state index >= 15 is 0 Å². The normalized spacial score (nSPS) is 13.5. The quantitative estimate of drug-likeness (QED) is 0.540. The molecule has 1 unspecified atom stereocenters. The van der Waals surface area contributed by atoms with Crippen LogP contribution < -0.4 is 16.0 Å². The van der Waals surface area contributed by atoms with Crippen molar-refractivity contribution in [2.24, 2.45) is 5.84 Å². The monoisotopic (exact) mass is 294 g/mol. The molecule has 0 saturated heterocycles. The zero-order valence-electron chi connectivity index (χ0n) is 14.0. The van der Waals surface area contributed by atoms with Crippen LogP contribution in [0.4, 0.5) is 0 Å². The molecule has 0 bridgehead atoms. The Balaban J connectivity index is 3.12. The number of hydrogen-bond donors (Lipinski definition) is 2. The first-order valence-electron chi connectivity index (χ1n) is 7.89. The molecule has 21 heavy (non-hydrogen) atoms. The summed E-state index contributed by atoms with van der Waals surface area (Å²) >= 11 is 0. The summed E-state index contributed by atoms with van der Waals surface area (Å²) in [5.41, 5.74) is 3.73. The Morgan fingerprint density at radius 3 is 2.33 bits per heavy atom. The third-order valence-corrected chi connectivity index (χ3v) is 3.88. The van der Waals surface area contributed by atoms with E-state index in [4.69, 9.17) is 15.3 Å². The van der Waals surface area contributed by atoms with E-state index in [1.54, 1.807) is 0 Å². The summed E-state index contributed by atoms with van der Waals surface area (Å²) in [4.78, 5) is 0. The summed E-state index contributed by atoms with van der Waals surface area (Å²) in [6, 6.07) is 8.01. The first kappa shape index (κ1) is 18.0. The second-order valence-electron chi connectivity index (χ2n) is 5.54. The maximum absolute atomic E-state index is 6.07. The van der Waals surface area contributed by atoms with Crippen LogP contribution in [0.1, 0.15) is 59.1 Å². The minimum absolute atomic E-state index is 0.0665. The van der Waals surface area contributed by atoms with Gasteiger partial charge in [-0.1, -0.05) is 26.0 Å². The van der Waals surface area contributed by atoms with Crippen molar-refractivity contribution in [2.45, 2.75) is 65.2 Å². The minimum atomic E-state index is -0.306. The third-order valence-electron chi connectivity index (χ3n) is 3.88. The molecule has 0 fully saturated rings. The fraction of sp³-hybridized carbons (Fsp3) is 0.647. The minimum Gasteiger partial charge on any atom is -0.491 e. The van der Waals surface area contributed by atoms with Crippen molar-refractivity contribution in [1.29, 1.82) is 0 Å². The third kappa shape index (κ3) is 4.43. The zero-order chi connectivity index (χ0) is 15.9.